The minimum absolute atomic E-state index is 0.142. The second-order valence-electron chi connectivity index (χ2n) is 6.63. The maximum Gasteiger partial charge on any atom is 0.387 e. The highest BCUT2D eigenvalue weighted by Gasteiger charge is 2.13. The number of anilines is 1. The molecule has 1 N–H and O–H groups in total. The minimum Gasteiger partial charge on any atom is -0.493 e. The molecule has 9 heteroatoms. The maximum atomic E-state index is 12.6. The summed E-state index contributed by atoms with van der Waals surface area (Å²) in [7, 11) is 1.34. The molecule has 0 saturated heterocycles. The molecule has 4 aromatic rings. The van der Waals surface area contributed by atoms with Crippen LogP contribution in [0.5, 0.6) is 11.5 Å². The van der Waals surface area contributed by atoms with Crippen molar-refractivity contribution < 1.29 is 23.0 Å². The molecule has 1 aromatic heterocycles. The van der Waals surface area contributed by atoms with Crippen molar-refractivity contribution in [2.75, 3.05) is 12.4 Å². The summed E-state index contributed by atoms with van der Waals surface area (Å²) >= 11 is 0. The molecular weight excluding hydrogens is 406 g/mol. The van der Waals surface area contributed by atoms with Gasteiger partial charge in [-0.25, -0.2) is 4.68 Å². The van der Waals surface area contributed by atoms with Crippen LogP contribution in [0.25, 0.3) is 11.0 Å². The van der Waals surface area contributed by atoms with Crippen molar-refractivity contribution in [2.24, 2.45) is 0 Å². The Hall–Kier alpha value is -4.01. The first kappa shape index (κ1) is 20.3. The summed E-state index contributed by atoms with van der Waals surface area (Å²) in [6.07, 6.45) is 0. The van der Waals surface area contributed by atoms with Crippen LogP contribution >= 0.6 is 0 Å². The smallest absolute Gasteiger partial charge is 0.387 e. The van der Waals surface area contributed by atoms with Gasteiger partial charge in [0.2, 0.25) is 0 Å². The summed E-state index contributed by atoms with van der Waals surface area (Å²) in [4.78, 5) is 12.5. The molecule has 0 spiro atoms. The van der Waals surface area contributed by atoms with E-state index in [1.165, 1.54) is 19.2 Å². The number of para-hydroxylation sites is 1. The number of methoxy groups -OCH3 is 1. The average molecular weight is 424 g/mol. The fraction of sp³-hybridized carbons (Fsp3) is 0.136. The monoisotopic (exact) mass is 424 g/mol. The highest BCUT2D eigenvalue weighted by Crippen LogP contribution is 2.31. The minimum atomic E-state index is -3.01. The molecule has 158 valence electrons. The molecule has 0 unspecified atom stereocenters. The van der Waals surface area contributed by atoms with Crippen LogP contribution in [0.1, 0.15) is 15.9 Å². The molecule has 0 radical (unpaired) electrons. The van der Waals surface area contributed by atoms with E-state index in [0.717, 1.165) is 16.6 Å². The SMILES string of the molecule is COc1ccc(NC(=O)c2ccc(Cn3nnc4ccccc43)cc2)cc1OC(F)F. The van der Waals surface area contributed by atoms with Gasteiger partial charge in [0.25, 0.3) is 5.91 Å². The van der Waals surface area contributed by atoms with Gasteiger partial charge >= 0.3 is 6.61 Å². The number of fused-ring (bicyclic) bond motifs is 1. The quantitative estimate of drug-likeness (QED) is 0.478. The van der Waals surface area contributed by atoms with Gasteiger partial charge in [0, 0.05) is 17.3 Å². The van der Waals surface area contributed by atoms with Gasteiger partial charge < -0.3 is 14.8 Å². The lowest BCUT2D eigenvalue weighted by atomic mass is 10.1. The molecule has 7 nitrogen and oxygen atoms in total. The van der Waals surface area contributed by atoms with Crippen LogP contribution in [-0.2, 0) is 6.54 Å². The fourth-order valence-electron chi connectivity index (χ4n) is 3.11. The van der Waals surface area contributed by atoms with E-state index in [9.17, 15) is 13.6 Å². The van der Waals surface area contributed by atoms with Crippen molar-refractivity contribution in [3.05, 3.63) is 77.9 Å². The number of aromatic nitrogens is 3. The fourth-order valence-corrected chi connectivity index (χ4v) is 3.11. The molecule has 0 aliphatic heterocycles. The normalized spacial score (nSPS) is 11.0. The molecule has 0 fully saturated rings. The topological polar surface area (TPSA) is 78.3 Å². The third kappa shape index (κ3) is 4.61. The molecular formula is C22H18F2N4O3. The lowest BCUT2D eigenvalue weighted by Crippen LogP contribution is -2.12. The highest BCUT2D eigenvalue weighted by atomic mass is 19.3. The molecule has 0 aliphatic carbocycles. The number of ether oxygens (including phenoxy) is 2. The van der Waals surface area contributed by atoms with Gasteiger partial charge in [-0.3, -0.25) is 4.79 Å². The lowest BCUT2D eigenvalue weighted by molar-refractivity contribution is -0.0511. The molecule has 3 aromatic carbocycles. The zero-order valence-corrected chi connectivity index (χ0v) is 16.5. The molecule has 0 atom stereocenters. The Morgan fingerprint density at radius 1 is 1.06 bits per heavy atom. The van der Waals surface area contributed by atoms with Gasteiger partial charge in [0.1, 0.15) is 5.52 Å². The first-order chi connectivity index (χ1) is 15.0. The number of nitrogens with zero attached hydrogens (tertiary/aromatic N) is 3. The van der Waals surface area contributed by atoms with Crippen LogP contribution in [0.4, 0.5) is 14.5 Å². The van der Waals surface area contributed by atoms with E-state index in [0.29, 0.717) is 17.8 Å². The number of benzene rings is 3. The van der Waals surface area contributed by atoms with Crippen LogP contribution in [0.2, 0.25) is 0 Å². The Balaban J connectivity index is 1.46. The van der Waals surface area contributed by atoms with E-state index in [1.54, 1.807) is 22.9 Å². The van der Waals surface area contributed by atoms with Crippen LogP contribution < -0.4 is 14.8 Å². The maximum absolute atomic E-state index is 12.6. The average Bonchev–Trinajstić information content (AvgIpc) is 3.17. The molecule has 0 bridgehead atoms. The van der Waals surface area contributed by atoms with E-state index in [-0.39, 0.29) is 17.4 Å². The predicted molar refractivity (Wildman–Crippen MR) is 111 cm³/mol. The first-order valence-corrected chi connectivity index (χ1v) is 9.35. The third-order valence-corrected chi connectivity index (χ3v) is 4.61. The number of nitrogens with one attached hydrogen (secondary N) is 1. The third-order valence-electron chi connectivity index (χ3n) is 4.61. The van der Waals surface area contributed by atoms with E-state index in [4.69, 9.17) is 4.74 Å². The highest BCUT2D eigenvalue weighted by molar-refractivity contribution is 6.04. The first-order valence-electron chi connectivity index (χ1n) is 9.35. The van der Waals surface area contributed by atoms with Crippen molar-refractivity contribution in [3.8, 4) is 11.5 Å². The summed E-state index contributed by atoms with van der Waals surface area (Å²) in [5.41, 5.74) is 3.40. The summed E-state index contributed by atoms with van der Waals surface area (Å²) in [6.45, 7) is -2.50. The van der Waals surface area contributed by atoms with Crippen molar-refractivity contribution in [1.82, 2.24) is 15.0 Å². The number of halogens is 2. The number of amides is 1. The van der Waals surface area contributed by atoms with Crippen LogP contribution in [-0.4, -0.2) is 34.6 Å². The molecule has 0 saturated carbocycles. The van der Waals surface area contributed by atoms with Crippen molar-refractivity contribution in [1.29, 1.82) is 0 Å². The summed E-state index contributed by atoms with van der Waals surface area (Å²) in [5, 5.41) is 11.0. The summed E-state index contributed by atoms with van der Waals surface area (Å²) in [6, 6.07) is 18.9. The van der Waals surface area contributed by atoms with E-state index in [2.05, 4.69) is 20.4 Å². The Kier molecular flexibility index (Phi) is 5.74. The van der Waals surface area contributed by atoms with E-state index in [1.807, 2.05) is 36.4 Å². The van der Waals surface area contributed by atoms with Crippen molar-refractivity contribution >= 4 is 22.6 Å². The number of rotatable bonds is 7. The van der Waals surface area contributed by atoms with Crippen LogP contribution in [0.3, 0.4) is 0 Å². The molecule has 0 aliphatic rings. The zero-order chi connectivity index (χ0) is 21.8. The van der Waals surface area contributed by atoms with Gasteiger partial charge in [-0.05, 0) is 42.0 Å². The number of hydrogen-bond acceptors (Lipinski definition) is 5. The van der Waals surface area contributed by atoms with Gasteiger partial charge in [0.15, 0.2) is 11.5 Å². The van der Waals surface area contributed by atoms with Gasteiger partial charge in [-0.1, -0.05) is 29.5 Å². The van der Waals surface area contributed by atoms with E-state index < -0.39 is 6.61 Å². The van der Waals surface area contributed by atoms with Gasteiger partial charge in [-0.15, -0.1) is 5.10 Å². The standard InChI is InChI=1S/C22H18F2N4O3/c1-30-19-11-10-16(12-20(19)31-22(23)24)25-21(29)15-8-6-14(7-9-15)13-28-18-5-3-2-4-17(18)26-27-28/h2-12,22H,13H2,1H3,(H,25,29). The van der Waals surface area contributed by atoms with Crippen LogP contribution in [0, 0.1) is 0 Å². The number of carbonyl (C=O) groups is 1. The molecule has 1 heterocycles. The number of hydrogen-bond donors (Lipinski definition) is 1. The summed E-state index contributed by atoms with van der Waals surface area (Å²) in [5.74, 6) is -0.403. The van der Waals surface area contributed by atoms with Crippen LogP contribution in [0.15, 0.2) is 66.7 Å². The van der Waals surface area contributed by atoms with Crippen molar-refractivity contribution in [3.63, 3.8) is 0 Å². The van der Waals surface area contributed by atoms with Gasteiger partial charge in [0.05, 0.1) is 19.2 Å². The summed E-state index contributed by atoms with van der Waals surface area (Å²) < 4.78 is 36.4. The van der Waals surface area contributed by atoms with Crippen molar-refractivity contribution in [2.45, 2.75) is 13.2 Å². The van der Waals surface area contributed by atoms with E-state index >= 15 is 0 Å². The molecule has 1 amide bonds. The second kappa shape index (κ2) is 8.78. The Morgan fingerprint density at radius 2 is 1.84 bits per heavy atom. The largest absolute Gasteiger partial charge is 0.493 e. The lowest BCUT2D eigenvalue weighted by Gasteiger charge is -2.12. The predicted octanol–water partition coefficient (Wildman–Crippen LogP) is 4.34. The molecule has 4 rings (SSSR count). The number of carbonyl (C=O) groups excluding carboxylic acids is 1. The Labute approximate surface area is 176 Å². The Bertz CT molecular complexity index is 1210. The van der Waals surface area contributed by atoms with Gasteiger partial charge in [-0.2, -0.15) is 8.78 Å². The zero-order valence-electron chi connectivity index (χ0n) is 16.5. The molecule has 31 heavy (non-hydrogen) atoms. The Morgan fingerprint density at radius 3 is 2.58 bits per heavy atom. The second-order valence-corrected chi connectivity index (χ2v) is 6.63. The number of alkyl halides is 2.